The summed E-state index contributed by atoms with van der Waals surface area (Å²) in [4.78, 5) is 15.2. The molecule has 0 saturated carbocycles. The molecule has 218 valence electrons. The molecule has 0 amide bonds. The van der Waals surface area contributed by atoms with Crippen molar-refractivity contribution in [3.8, 4) is 67.5 Å². The summed E-state index contributed by atoms with van der Waals surface area (Å²) in [7, 11) is 0. The first-order chi connectivity index (χ1) is 23.3. The molecule has 47 heavy (non-hydrogen) atoms. The second-order valence-corrected chi connectivity index (χ2v) is 12.0. The van der Waals surface area contributed by atoms with E-state index in [0.29, 0.717) is 17.5 Å². The highest BCUT2D eigenvalue weighted by Gasteiger charge is 2.26. The summed E-state index contributed by atoms with van der Waals surface area (Å²) in [5.74, 6) is 1.88. The summed E-state index contributed by atoms with van der Waals surface area (Å²) >= 11 is 0. The SMILES string of the molecule is c1ccc(-c2nc(-c3ccc4c(c3)oc3ccccc34)nc(-c3ccc4c5c(cccc35)-c3cccc(-c5ccccc5)c3-4)n2)cc1. The summed E-state index contributed by atoms with van der Waals surface area (Å²) in [5, 5.41) is 4.53. The molecular weight excluding hydrogens is 574 g/mol. The van der Waals surface area contributed by atoms with Gasteiger partial charge in [0.05, 0.1) is 0 Å². The van der Waals surface area contributed by atoms with Gasteiger partial charge in [0.15, 0.2) is 17.5 Å². The first-order valence-electron chi connectivity index (χ1n) is 15.8. The van der Waals surface area contributed by atoms with Crippen molar-refractivity contribution in [2.24, 2.45) is 0 Å². The molecule has 2 heterocycles. The van der Waals surface area contributed by atoms with Crippen LogP contribution in [0.15, 0.2) is 156 Å². The number of para-hydroxylation sites is 1. The van der Waals surface area contributed by atoms with Gasteiger partial charge in [-0.15, -0.1) is 0 Å². The lowest BCUT2D eigenvalue weighted by Gasteiger charge is -2.12. The number of hydrogen-bond acceptors (Lipinski definition) is 4. The molecule has 7 aromatic carbocycles. The zero-order valence-electron chi connectivity index (χ0n) is 25.2. The Hall–Kier alpha value is -6.39. The first-order valence-corrected chi connectivity index (χ1v) is 15.8. The Morgan fingerprint density at radius 1 is 0.340 bits per heavy atom. The van der Waals surface area contributed by atoms with E-state index < -0.39 is 0 Å². The molecule has 0 atom stereocenters. The molecule has 4 nitrogen and oxygen atoms in total. The maximum atomic E-state index is 6.24. The monoisotopic (exact) mass is 599 g/mol. The van der Waals surface area contributed by atoms with Gasteiger partial charge in [0.2, 0.25) is 0 Å². The summed E-state index contributed by atoms with van der Waals surface area (Å²) < 4.78 is 6.24. The van der Waals surface area contributed by atoms with Crippen molar-refractivity contribution in [2.75, 3.05) is 0 Å². The lowest BCUT2D eigenvalue weighted by atomic mass is 9.93. The van der Waals surface area contributed by atoms with Crippen LogP contribution < -0.4 is 0 Å². The minimum Gasteiger partial charge on any atom is -0.456 e. The molecule has 0 radical (unpaired) electrons. The highest BCUT2D eigenvalue weighted by atomic mass is 16.3. The van der Waals surface area contributed by atoms with Crippen molar-refractivity contribution in [3.63, 3.8) is 0 Å². The van der Waals surface area contributed by atoms with E-state index in [0.717, 1.165) is 44.0 Å². The number of aromatic nitrogens is 3. The fourth-order valence-electron chi connectivity index (χ4n) is 7.17. The summed E-state index contributed by atoms with van der Waals surface area (Å²) in [5.41, 5.74) is 11.9. The molecule has 0 spiro atoms. The van der Waals surface area contributed by atoms with Gasteiger partial charge in [0.1, 0.15) is 11.2 Å². The van der Waals surface area contributed by atoms with Crippen LogP contribution in [0.4, 0.5) is 0 Å². The quantitative estimate of drug-likeness (QED) is 0.202. The van der Waals surface area contributed by atoms with Gasteiger partial charge >= 0.3 is 0 Å². The predicted molar refractivity (Wildman–Crippen MR) is 191 cm³/mol. The van der Waals surface area contributed by atoms with Crippen molar-refractivity contribution in [1.29, 1.82) is 0 Å². The fraction of sp³-hybridized carbons (Fsp3) is 0. The average Bonchev–Trinajstić information content (AvgIpc) is 3.69. The minimum absolute atomic E-state index is 0.606. The molecule has 9 aromatic rings. The van der Waals surface area contributed by atoms with Crippen molar-refractivity contribution in [2.45, 2.75) is 0 Å². The number of furan rings is 1. The molecule has 0 unspecified atom stereocenters. The van der Waals surface area contributed by atoms with Gasteiger partial charge in [-0.3, -0.25) is 0 Å². The maximum absolute atomic E-state index is 6.24. The Balaban J connectivity index is 1.19. The van der Waals surface area contributed by atoms with E-state index >= 15 is 0 Å². The molecule has 0 fully saturated rings. The second kappa shape index (κ2) is 10.1. The maximum Gasteiger partial charge on any atom is 0.164 e. The molecule has 1 aliphatic carbocycles. The number of nitrogens with zero attached hydrogens (tertiary/aromatic N) is 3. The van der Waals surface area contributed by atoms with Crippen LogP contribution in [0, 0.1) is 0 Å². The van der Waals surface area contributed by atoms with Gasteiger partial charge in [-0.2, -0.15) is 0 Å². The van der Waals surface area contributed by atoms with Gasteiger partial charge in [-0.05, 0) is 68.4 Å². The van der Waals surface area contributed by atoms with Crippen molar-refractivity contribution in [3.05, 3.63) is 152 Å². The van der Waals surface area contributed by atoms with E-state index in [-0.39, 0.29) is 0 Å². The summed E-state index contributed by atoms with van der Waals surface area (Å²) in [6.07, 6.45) is 0. The van der Waals surface area contributed by atoms with E-state index in [1.54, 1.807) is 0 Å². The first kappa shape index (κ1) is 25.9. The second-order valence-electron chi connectivity index (χ2n) is 12.0. The van der Waals surface area contributed by atoms with Crippen molar-refractivity contribution in [1.82, 2.24) is 15.0 Å². The molecule has 2 aromatic heterocycles. The number of benzene rings is 7. The van der Waals surface area contributed by atoms with Crippen LogP contribution in [-0.2, 0) is 0 Å². The van der Waals surface area contributed by atoms with E-state index in [1.807, 2.05) is 54.6 Å². The molecule has 0 saturated heterocycles. The molecule has 0 bridgehead atoms. The van der Waals surface area contributed by atoms with Gasteiger partial charge in [0, 0.05) is 27.5 Å². The van der Waals surface area contributed by atoms with Crippen molar-refractivity contribution >= 4 is 32.7 Å². The van der Waals surface area contributed by atoms with Crippen LogP contribution in [-0.4, -0.2) is 15.0 Å². The topological polar surface area (TPSA) is 51.8 Å². The Morgan fingerprint density at radius 3 is 1.81 bits per heavy atom. The van der Waals surface area contributed by atoms with E-state index in [9.17, 15) is 0 Å². The summed E-state index contributed by atoms with van der Waals surface area (Å²) in [6, 6.07) is 52.7. The average molecular weight is 600 g/mol. The Kier molecular flexibility index (Phi) is 5.54. The molecule has 0 aliphatic heterocycles. The van der Waals surface area contributed by atoms with Gasteiger partial charge in [-0.1, -0.05) is 127 Å². The Bertz CT molecular complexity index is 2680. The lowest BCUT2D eigenvalue weighted by Crippen LogP contribution is -2.00. The number of fused-ring (bicyclic) bond motifs is 6. The van der Waals surface area contributed by atoms with Crippen LogP contribution in [0.1, 0.15) is 0 Å². The van der Waals surface area contributed by atoms with E-state index in [1.165, 1.54) is 38.8 Å². The lowest BCUT2D eigenvalue weighted by molar-refractivity contribution is 0.669. The number of hydrogen-bond donors (Lipinski definition) is 0. The highest BCUT2D eigenvalue weighted by Crippen LogP contribution is 2.52. The normalized spacial score (nSPS) is 11.8. The third-order valence-corrected chi connectivity index (χ3v) is 9.29. The standard InChI is InChI=1S/C43H25N3O/c1-3-11-26(12-4-1)29-16-9-17-32-33-18-10-19-34-35(23-24-36(39(29)32)40(33)34)43-45-41(27-13-5-2-6-14-27)44-42(46-43)28-21-22-31-30-15-7-8-20-37(30)47-38(31)25-28/h1-25H. The largest absolute Gasteiger partial charge is 0.456 e. The van der Waals surface area contributed by atoms with E-state index in [2.05, 4.69) is 97.1 Å². The van der Waals surface area contributed by atoms with Gasteiger partial charge < -0.3 is 4.42 Å². The Labute approximate surface area is 270 Å². The Morgan fingerprint density at radius 2 is 0.957 bits per heavy atom. The fourth-order valence-corrected chi connectivity index (χ4v) is 7.17. The minimum atomic E-state index is 0.606. The predicted octanol–water partition coefficient (Wildman–Crippen LogP) is 11.2. The van der Waals surface area contributed by atoms with Crippen LogP contribution in [0.5, 0.6) is 0 Å². The molecule has 10 rings (SSSR count). The van der Waals surface area contributed by atoms with Gasteiger partial charge in [0.25, 0.3) is 0 Å². The molecule has 0 N–H and O–H groups in total. The molecule has 1 aliphatic rings. The van der Waals surface area contributed by atoms with Crippen LogP contribution in [0.3, 0.4) is 0 Å². The van der Waals surface area contributed by atoms with Gasteiger partial charge in [-0.25, -0.2) is 15.0 Å². The van der Waals surface area contributed by atoms with Crippen molar-refractivity contribution < 1.29 is 4.42 Å². The third-order valence-electron chi connectivity index (χ3n) is 9.29. The number of rotatable bonds is 4. The zero-order chi connectivity index (χ0) is 30.9. The smallest absolute Gasteiger partial charge is 0.164 e. The van der Waals surface area contributed by atoms with Crippen LogP contribution in [0.25, 0.3) is 100 Å². The van der Waals surface area contributed by atoms with Crippen LogP contribution in [0.2, 0.25) is 0 Å². The highest BCUT2D eigenvalue weighted by molar-refractivity contribution is 6.20. The van der Waals surface area contributed by atoms with Crippen LogP contribution >= 0.6 is 0 Å². The van der Waals surface area contributed by atoms with E-state index in [4.69, 9.17) is 19.4 Å². The third kappa shape index (κ3) is 3.98. The molecular formula is C43H25N3O. The molecule has 4 heteroatoms. The zero-order valence-corrected chi connectivity index (χ0v) is 25.2. The summed E-state index contributed by atoms with van der Waals surface area (Å²) in [6.45, 7) is 0.